The van der Waals surface area contributed by atoms with Gasteiger partial charge in [-0.1, -0.05) is 35.8 Å². The molecular formula is C14H11BN2. The molecule has 17 heavy (non-hydrogen) atoms. The molecule has 80 valence electrons. The number of benzene rings is 2. The molecule has 2 aromatic heterocycles. The van der Waals surface area contributed by atoms with E-state index in [0.717, 1.165) is 0 Å². The first kappa shape index (κ1) is 8.94. The molecule has 3 heteroatoms. The normalized spacial score (nSPS) is 11.8. The number of nitrogens with one attached hydrogen (secondary N) is 2. The number of aromatic nitrogens is 2. The molecule has 2 heterocycles. The molecule has 0 unspecified atom stereocenters. The maximum absolute atomic E-state index is 3.54. The highest BCUT2D eigenvalue weighted by molar-refractivity contribution is 6.39. The molecule has 0 bridgehead atoms. The van der Waals surface area contributed by atoms with Crippen molar-refractivity contribution in [1.29, 1.82) is 0 Å². The predicted octanol–water partition coefficient (Wildman–Crippen LogP) is 2.06. The zero-order valence-corrected chi connectivity index (χ0v) is 9.54. The van der Waals surface area contributed by atoms with Crippen LogP contribution in [0.3, 0.4) is 0 Å². The Kier molecular flexibility index (Phi) is 1.55. The van der Waals surface area contributed by atoms with Crippen LogP contribution in [-0.2, 0) is 0 Å². The summed E-state index contributed by atoms with van der Waals surface area (Å²) < 4.78 is 0. The van der Waals surface area contributed by atoms with Gasteiger partial charge in [0, 0.05) is 27.9 Å². The Morgan fingerprint density at radius 3 is 2.65 bits per heavy atom. The summed E-state index contributed by atoms with van der Waals surface area (Å²) in [7, 11) is 2.14. The van der Waals surface area contributed by atoms with Gasteiger partial charge in [-0.3, -0.25) is 0 Å². The van der Waals surface area contributed by atoms with Gasteiger partial charge in [-0.15, -0.1) is 0 Å². The average molecular weight is 218 g/mol. The Labute approximate surface area is 99.0 Å². The molecule has 0 spiro atoms. The lowest BCUT2D eigenvalue weighted by Gasteiger charge is -1.94. The third-order valence-electron chi connectivity index (χ3n) is 3.54. The van der Waals surface area contributed by atoms with E-state index in [1.807, 2.05) is 6.20 Å². The molecule has 0 radical (unpaired) electrons. The van der Waals surface area contributed by atoms with Gasteiger partial charge < -0.3 is 9.97 Å². The zero-order chi connectivity index (χ0) is 11.4. The molecule has 0 fully saturated rings. The van der Waals surface area contributed by atoms with Gasteiger partial charge in [-0.2, -0.15) is 0 Å². The molecule has 0 aliphatic heterocycles. The Morgan fingerprint density at radius 2 is 1.71 bits per heavy atom. The zero-order valence-electron chi connectivity index (χ0n) is 9.54. The summed E-state index contributed by atoms with van der Waals surface area (Å²) in [4.78, 5) is 6.86. The number of H-pyrrole nitrogens is 2. The van der Waals surface area contributed by atoms with E-state index in [9.17, 15) is 0 Å². The van der Waals surface area contributed by atoms with Gasteiger partial charge in [0.15, 0.2) is 0 Å². The standard InChI is InChI=1S/C14H11BN2/c15-11-3-1-2-9-10-5-4-8-6-7-16-12(8)14(10)17-13(9)11/h1-7,16-17H,15H2. The quantitative estimate of drug-likeness (QED) is 0.423. The maximum Gasteiger partial charge on any atom is 0.142 e. The van der Waals surface area contributed by atoms with Gasteiger partial charge in [-0.05, 0) is 6.07 Å². The molecule has 0 saturated carbocycles. The van der Waals surface area contributed by atoms with Crippen molar-refractivity contribution in [2.75, 3.05) is 0 Å². The summed E-state index contributed by atoms with van der Waals surface area (Å²) in [5, 5.41) is 3.84. The molecule has 2 nitrogen and oxygen atoms in total. The molecule has 2 N–H and O–H groups in total. The SMILES string of the molecule is Bc1cccc2c1[nH]c1c2ccc2cc[nH]c21. The van der Waals surface area contributed by atoms with Crippen LogP contribution in [-0.4, -0.2) is 17.8 Å². The molecule has 4 aromatic rings. The second kappa shape index (κ2) is 2.95. The van der Waals surface area contributed by atoms with Gasteiger partial charge >= 0.3 is 0 Å². The predicted molar refractivity (Wildman–Crippen MR) is 75.8 cm³/mol. The van der Waals surface area contributed by atoms with E-state index >= 15 is 0 Å². The first-order chi connectivity index (χ1) is 8.34. The molecule has 0 aliphatic rings. The third kappa shape index (κ3) is 1.06. The van der Waals surface area contributed by atoms with Crippen molar-refractivity contribution in [2.45, 2.75) is 0 Å². The Hall–Kier alpha value is -2.16. The van der Waals surface area contributed by atoms with E-state index in [2.05, 4.69) is 54.2 Å². The lowest BCUT2D eigenvalue weighted by molar-refractivity contribution is 1.47. The van der Waals surface area contributed by atoms with E-state index in [0.29, 0.717) is 0 Å². The van der Waals surface area contributed by atoms with Crippen LogP contribution in [0.4, 0.5) is 0 Å². The topological polar surface area (TPSA) is 31.6 Å². The first-order valence-electron chi connectivity index (χ1n) is 5.82. The number of fused-ring (bicyclic) bond motifs is 5. The third-order valence-corrected chi connectivity index (χ3v) is 3.54. The van der Waals surface area contributed by atoms with Crippen LogP contribution in [0.2, 0.25) is 0 Å². The molecule has 0 saturated heterocycles. The van der Waals surface area contributed by atoms with Gasteiger partial charge in [0.25, 0.3) is 0 Å². The molecular weight excluding hydrogens is 207 g/mol. The maximum atomic E-state index is 3.54. The van der Waals surface area contributed by atoms with Crippen LogP contribution in [0, 0.1) is 0 Å². The summed E-state index contributed by atoms with van der Waals surface area (Å²) in [6.45, 7) is 0. The molecule has 0 amide bonds. The minimum Gasteiger partial charge on any atom is -0.359 e. The molecule has 4 rings (SSSR count). The van der Waals surface area contributed by atoms with E-state index in [1.165, 1.54) is 38.2 Å². The fraction of sp³-hybridized carbons (Fsp3) is 0. The van der Waals surface area contributed by atoms with Crippen LogP contribution in [0.1, 0.15) is 0 Å². The van der Waals surface area contributed by atoms with Gasteiger partial charge in [0.05, 0.1) is 11.0 Å². The van der Waals surface area contributed by atoms with E-state index < -0.39 is 0 Å². The molecule has 2 aromatic carbocycles. The fourth-order valence-electron chi connectivity index (χ4n) is 2.67. The van der Waals surface area contributed by atoms with Crippen molar-refractivity contribution < 1.29 is 0 Å². The number of rotatable bonds is 0. The monoisotopic (exact) mass is 218 g/mol. The smallest absolute Gasteiger partial charge is 0.142 e. The largest absolute Gasteiger partial charge is 0.359 e. The van der Waals surface area contributed by atoms with Gasteiger partial charge in [0.1, 0.15) is 7.85 Å². The summed E-state index contributed by atoms with van der Waals surface area (Å²) in [5.41, 5.74) is 4.93. The van der Waals surface area contributed by atoms with Crippen LogP contribution in [0.15, 0.2) is 42.6 Å². The Balaban J connectivity index is 2.36. The minimum absolute atomic E-state index is 1.19. The second-order valence-electron chi connectivity index (χ2n) is 4.55. The highest BCUT2D eigenvalue weighted by Gasteiger charge is 2.08. The first-order valence-corrected chi connectivity index (χ1v) is 5.82. The Bertz CT molecular complexity index is 854. The van der Waals surface area contributed by atoms with E-state index in [-0.39, 0.29) is 0 Å². The summed E-state index contributed by atoms with van der Waals surface area (Å²) in [6.07, 6.45) is 1.99. The van der Waals surface area contributed by atoms with Crippen molar-refractivity contribution in [3.8, 4) is 0 Å². The van der Waals surface area contributed by atoms with Gasteiger partial charge in [-0.25, -0.2) is 0 Å². The van der Waals surface area contributed by atoms with Crippen molar-refractivity contribution >= 4 is 46.0 Å². The number of hydrogen-bond donors (Lipinski definition) is 2. The number of hydrogen-bond acceptors (Lipinski definition) is 0. The van der Waals surface area contributed by atoms with E-state index in [1.54, 1.807) is 0 Å². The van der Waals surface area contributed by atoms with Crippen molar-refractivity contribution in [3.05, 3.63) is 42.6 Å². The van der Waals surface area contributed by atoms with Crippen LogP contribution in [0.25, 0.3) is 32.7 Å². The van der Waals surface area contributed by atoms with Crippen molar-refractivity contribution in [3.63, 3.8) is 0 Å². The minimum atomic E-state index is 1.19. The number of para-hydroxylation sites is 1. The van der Waals surface area contributed by atoms with Crippen LogP contribution < -0.4 is 5.46 Å². The fourth-order valence-corrected chi connectivity index (χ4v) is 2.67. The number of aromatic amines is 2. The van der Waals surface area contributed by atoms with Crippen molar-refractivity contribution in [1.82, 2.24) is 9.97 Å². The lowest BCUT2D eigenvalue weighted by Crippen LogP contribution is -2.01. The van der Waals surface area contributed by atoms with Crippen molar-refractivity contribution in [2.24, 2.45) is 0 Å². The lowest BCUT2D eigenvalue weighted by atomic mass is 9.93. The second-order valence-corrected chi connectivity index (χ2v) is 4.55. The summed E-state index contributed by atoms with van der Waals surface area (Å²) in [5.74, 6) is 0. The molecule has 0 aliphatic carbocycles. The van der Waals surface area contributed by atoms with Gasteiger partial charge in [0.2, 0.25) is 0 Å². The van der Waals surface area contributed by atoms with Crippen LogP contribution in [0.5, 0.6) is 0 Å². The summed E-state index contributed by atoms with van der Waals surface area (Å²) >= 11 is 0. The molecule has 0 atom stereocenters. The summed E-state index contributed by atoms with van der Waals surface area (Å²) in [6, 6.07) is 12.9. The highest BCUT2D eigenvalue weighted by atomic mass is 14.8. The Morgan fingerprint density at radius 1 is 0.824 bits per heavy atom. The van der Waals surface area contributed by atoms with Crippen LogP contribution >= 0.6 is 0 Å². The average Bonchev–Trinajstić information content (AvgIpc) is 2.91. The van der Waals surface area contributed by atoms with E-state index in [4.69, 9.17) is 0 Å². The highest BCUT2D eigenvalue weighted by Crippen LogP contribution is 2.29.